The molecule has 0 aliphatic carbocycles. The molecule has 1 rings (SSSR count). The van der Waals surface area contributed by atoms with Crippen LogP contribution in [0, 0.1) is 5.92 Å². The van der Waals surface area contributed by atoms with Crippen molar-refractivity contribution >= 4 is 10.0 Å². The zero-order valence-corrected chi connectivity index (χ0v) is 10.5. The summed E-state index contributed by atoms with van der Waals surface area (Å²) < 4.78 is 27.0. The van der Waals surface area contributed by atoms with Gasteiger partial charge < -0.3 is 9.73 Å². The molecule has 5 nitrogen and oxygen atoms in total. The molecule has 6 heteroatoms. The third-order valence-electron chi connectivity index (χ3n) is 2.52. The van der Waals surface area contributed by atoms with Gasteiger partial charge in [-0.2, -0.15) is 0 Å². The fraction of sp³-hybridized carbons (Fsp3) is 0.600. The maximum Gasteiger partial charge on any atom is 0.271 e. The van der Waals surface area contributed by atoms with Gasteiger partial charge in [-0.15, -0.1) is 0 Å². The molecule has 1 aromatic heterocycles. The third kappa shape index (κ3) is 3.62. The maximum atomic E-state index is 11.0. The lowest BCUT2D eigenvalue weighted by Gasteiger charge is -2.16. The number of sulfonamides is 1. The second-order valence-electron chi connectivity index (χ2n) is 4.18. The molecule has 0 aliphatic rings. The maximum absolute atomic E-state index is 11.0. The van der Waals surface area contributed by atoms with Gasteiger partial charge in [0, 0.05) is 6.04 Å². The summed E-state index contributed by atoms with van der Waals surface area (Å²) in [4.78, 5) is 0. The summed E-state index contributed by atoms with van der Waals surface area (Å²) in [6.07, 6.45) is 0. The van der Waals surface area contributed by atoms with Crippen LogP contribution in [0.25, 0.3) is 0 Å². The van der Waals surface area contributed by atoms with Crippen LogP contribution in [0.1, 0.15) is 26.5 Å². The molecule has 3 N–H and O–H groups in total. The van der Waals surface area contributed by atoms with E-state index in [-0.39, 0.29) is 5.09 Å². The number of hydrogen-bond acceptors (Lipinski definition) is 4. The van der Waals surface area contributed by atoms with Gasteiger partial charge in [0.1, 0.15) is 5.76 Å². The highest BCUT2D eigenvalue weighted by Gasteiger charge is 2.13. The van der Waals surface area contributed by atoms with Gasteiger partial charge in [-0.3, -0.25) is 0 Å². The van der Waals surface area contributed by atoms with E-state index in [1.165, 1.54) is 6.07 Å². The van der Waals surface area contributed by atoms with E-state index in [9.17, 15) is 8.42 Å². The van der Waals surface area contributed by atoms with Crippen molar-refractivity contribution in [3.8, 4) is 0 Å². The first-order valence-corrected chi connectivity index (χ1v) is 6.70. The molecule has 1 aromatic rings. The van der Waals surface area contributed by atoms with E-state index in [1.807, 2.05) is 0 Å². The van der Waals surface area contributed by atoms with Crippen LogP contribution < -0.4 is 10.5 Å². The quantitative estimate of drug-likeness (QED) is 0.813. The molecule has 0 radical (unpaired) electrons. The molecule has 92 valence electrons. The standard InChI is InChI=1S/C10H18N2O3S/c1-7(2)8(3)12-6-9-4-5-10(15-9)16(11,13)14/h4-5,7-8,12H,6H2,1-3H3,(H2,11,13,14). The van der Waals surface area contributed by atoms with Crippen molar-refractivity contribution in [2.24, 2.45) is 11.1 Å². The van der Waals surface area contributed by atoms with Crippen LogP contribution in [0.3, 0.4) is 0 Å². The second kappa shape index (κ2) is 4.99. The molecule has 1 unspecified atom stereocenters. The second-order valence-corrected chi connectivity index (χ2v) is 5.67. The molecule has 0 spiro atoms. The van der Waals surface area contributed by atoms with Crippen molar-refractivity contribution in [1.82, 2.24) is 5.32 Å². The number of hydrogen-bond donors (Lipinski definition) is 2. The van der Waals surface area contributed by atoms with E-state index in [1.54, 1.807) is 6.07 Å². The fourth-order valence-corrected chi connectivity index (χ4v) is 1.58. The van der Waals surface area contributed by atoms with Gasteiger partial charge in [0.2, 0.25) is 5.09 Å². The fourth-order valence-electron chi connectivity index (χ4n) is 1.10. The Morgan fingerprint density at radius 2 is 2.00 bits per heavy atom. The predicted octanol–water partition coefficient (Wildman–Crippen LogP) is 1.06. The first-order valence-electron chi connectivity index (χ1n) is 5.15. The smallest absolute Gasteiger partial charge is 0.271 e. The normalized spacial score (nSPS) is 14.3. The highest BCUT2D eigenvalue weighted by molar-refractivity contribution is 7.89. The molecule has 1 heterocycles. The Balaban J connectivity index is 2.60. The topological polar surface area (TPSA) is 85.3 Å². The number of nitrogens with one attached hydrogen (secondary N) is 1. The Morgan fingerprint density at radius 1 is 1.38 bits per heavy atom. The Morgan fingerprint density at radius 3 is 2.44 bits per heavy atom. The summed E-state index contributed by atoms with van der Waals surface area (Å²) in [5.74, 6) is 1.07. The number of nitrogens with two attached hydrogens (primary N) is 1. The molecule has 0 saturated heterocycles. The minimum atomic E-state index is -3.73. The van der Waals surface area contributed by atoms with Gasteiger partial charge in [-0.1, -0.05) is 13.8 Å². The van der Waals surface area contributed by atoms with Crippen molar-refractivity contribution in [2.75, 3.05) is 0 Å². The van der Waals surface area contributed by atoms with E-state index >= 15 is 0 Å². The van der Waals surface area contributed by atoms with Crippen LogP contribution >= 0.6 is 0 Å². The number of rotatable bonds is 5. The van der Waals surface area contributed by atoms with Crippen molar-refractivity contribution < 1.29 is 12.8 Å². The summed E-state index contributed by atoms with van der Waals surface area (Å²) in [5, 5.41) is 7.97. The summed E-state index contributed by atoms with van der Waals surface area (Å²) in [7, 11) is -3.73. The van der Waals surface area contributed by atoms with Crippen LogP contribution in [0.2, 0.25) is 0 Å². The van der Waals surface area contributed by atoms with E-state index in [0.29, 0.717) is 24.3 Å². The van der Waals surface area contributed by atoms with E-state index < -0.39 is 10.0 Å². The average molecular weight is 246 g/mol. The molecular formula is C10H18N2O3S. The first-order chi connectivity index (χ1) is 7.30. The zero-order chi connectivity index (χ0) is 12.3. The Labute approximate surface area is 96.1 Å². The molecule has 0 saturated carbocycles. The lowest BCUT2D eigenvalue weighted by atomic mass is 10.1. The molecule has 0 bridgehead atoms. The van der Waals surface area contributed by atoms with E-state index in [2.05, 4.69) is 26.1 Å². The van der Waals surface area contributed by atoms with Crippen molar-refractivity contribution in [3.63, 3.8) is 0 Å². The lowest BCUT2D eigenvalue weighted by molar-refractivity contribution is 0.367. The Kier molecular flexibility index (Phi) is 4.12. The largest absolute Gasteiger partial charge is 0.447 e. The minimum Gasteiger partial charge on any atom is -0.447 e. The number of furan rings is 1. The van der Waals surface area contributed by atoms with Gasteiger partial charge in [0.25, 0.3) is 10.0 Å². The molecule has 0 fully saturated rings. The first kappa shape index (κ1) is 13.2. The van der Waals surface area contributed by atoms with E-state index in [0.717, 1.165) is 0 Å². The molecule has 0 amide bonds. The molecular weight excluding hydrogens is 228 g/mol. The Hall–Kier alpha value is -0.850. The highest BCUT2D eigenvalue weighted by Crippen LogP contribution is 2.12. The average Bonchev–Trinajstić information content (AvgIpc) is 2.61. The molecule has 1 atom stereocenters. The Bertz CT molecular complexity index is 437. The summed E-state index contributed by atoms with van der Waals surface area (Å²) in [6, 6.07) is 3.31. The number of primary sulfonamides is 1. The van der Waals surface area contributed by atoms with Gasteiger partial charge in [-0.25, -0.2) is 13.6 Å². The van der Waals surface area contributed by atoms with Crippen molar-refractivity contribution in [3.05, 3.63) is 17.9 Å². The highest BCUT2D eigenvalue weighted by atomic mass is 32.2. The van der Waals surface area contributed by atoms with Gasteiger partial charge in [0.05, 0.1) is 6.54 Å². The van der Waals surface area contributed by atoms with Crippen LogP contribution in [0.4, 0.5) is 0 Å². The van der Waals surface area contributed by atoms with Crippen LogP contribution in [-0.2, 0) is 16.6 Å². The zero-order valence-electron chi connectivity index (χ0n) is 9.73. The minimum absolute atomic E-state index is 0.193. The van der Waals surface area contributed by atoms with Gasteiger partial charge >= 0.3 is 0 Å². The van der Waals surface area contributed by atoms with Crippen LogP contribution in [-0.4, -0.2) is 14.5 Å². The van der Waals surface area contributed by atoms with Crippen LogP contribution in [0.5, 0.6) is 0 Å². The molecule has 0 aliphatic heterocycles. The predicted molar refractivity (Wildman–Crippen MR) is 61.2 cm³/mol. The summed E-state index contributed by atoms with van der Waals surface area (Å²) in [5.41, 5.74) is 0. The lowest BCUT2D eigenvalue weighted by Crippen LogP contribution is -2.29. The SMILES string of the molecule is CC(C)C(C)NCc1ccc(S(N)(=O)=O)o1. The summed E-state index contributed by atoms with van der Waals surface area (Å²) in [6.45, 7) is 6.77. The van der Waals surface area contributed by atoms with Crippen molar-refractivity contribution in [2.45, 2.75) is 38.5 Å². The summed E-state index contributed by atoms with van der Waals surface area (Å²) >= 11 is 0. The van der Waals surface area contributed by atoms with Gasteiger partial charge in [-0.05, 0) is 25.0 Å². The molecule has 16 heavy (non-hydrogen) atoms. The van der Waals surface area contributed by atoms with Crippen molar-refractivity contribution in [1.29, 1.82) is 0 Å². The third-order valence-corrected chi connectivity index (χ3v) is 3.30. The monoisotopic (exact) mass is 246 g/mol. The van der Waals surface area contributed by atoms with Crippen LogP contribution in [0.15, 0.2) is 21.6 Å². The molecule has 0 aromatic carbocycles. The van der Waals surface area contributed by atoms with E-state index in [4.69, 9.17) is 9.56 Å². The van der Waals surface area contributed by atoms with Gasteiger partial charge in [0.15, 0.2) is 0 Å².